The van der Waals surface area contributed by atoms with E-state index < -0.39 is 10.8 Å². The summed E-state index contributed by atoms with van der Waals surface area (Å²) < 4.78 is 5.17. The zero-order chi connectivity index (χ0) is 17.1. The third-order valence-electron chi connectivity index (χ3n) is 3.22. The van der Waals surface area contributed by atoms with Gasteiger partial charge in [-0.15, -0.1) is 0 Å². The third kappa shape index (κ3) is 3.51. The van der Waals surface area contributed by atoms with Gasteiger partial charge in [0.15, 0.2) is 0 Å². The van der Waals surface area contributed by atoms with Crippen molar-refractivity contribution < 1.29 is 14.5 Å². The number of benzene rings is 2. The van der Waals surface area contributed by atoms with Gasteiger partial charge in [0.2, 0.25) is 0 Å². The van der Waals surface area contributed by atoms with Crippen molar-refractivity contribution in [2.45, 2.75) is 6.92 Å². The number of methoxy groups -OCH3 is 1. The molecule has 0 saturated carbocycles. The van der Waals surface area contributed by atoms with Crippen LogP contribution in [0.5, 0.6) is 5.75 Å². The number of aryl methyl sites for hydroxylation is 1. The van der Waals surface area contributed by atoms with Gasteiger partial charge in [-0.2, -0.15) is 0 Å². The topological polar surface area (TPSA) is 107 Å². The van der Waals surface area contributed by atoms with E-state index in [4.69, 9.17) is 22.1 Å². The number of amides is 1. The highest BCUT2D eigenvalue weighted by molar-refractivity contribution is 6.31. The molecule has 0 atom stereocenters. The fourth-order valence-electron chi connectivity index (χ4n) is 1.97. The predicted molar refractivity (Wildman–Crippen MR) is 88.2 cm³/mol. The van der Waals surface area contributed by atoms with E-state index in [1.807, 2.05) is 0 Å². The fraction of sp³-hybridized carbons (Fsp3) is 0.133. The molecular weight excluding hydrogens is 322 g/mol. The van der Waals surface area contributed by atoms with Gasteiger partial charge in [-0.25, -0.2) is 0 Å². The number of halogens is 1. The van der Waals surface area contributed by atoms with E-state index in [2.05, 4.69) is 5.32 Å². The number of hydrogen-bond donors (Lipinski definition) is 2. The summed E-state index contributed by atoms with van der Waals surface area (Å²) in [4.78, 5) is 22.6. The third-order valence-corrected chi connectivity index (χ3v) is 3.63. The zero-order valence-electron chi connectivity index (χ0n) is 12.4. The normalized spacial score (nSPS) is 10.2. The summed E-state index contributed by atoms with van der Waals surface area (Å²) in [6.07, 6.45) is 0. The Morgan fingerprint density at radius 1 is 1.35 bits per heavy atom. The Balaban J connectivity index is 2.35. The second kappa shape index (κ2) is 6.53. The van der Waals surface area contributed by atoms with Gasteiger partial charge in [-0.05, 0) is 30.7 Å². The molecule has 1 amide bonds. The molecule has 2 rings (SSSR count). The quantitative estimate of drug-likeness (QED) is 0.505. The summed E-state index contributed by atoms with van der Waals surface area (Å²) in [7, 11) is 1.45. The number of nitrogen functional groups attached to an aromatic ring is 1. The first-order valence-corrected chi connectivity index (χ1v) is 6.90. The Morgan fingerprint density at radius 2 is 2.04 bits per heavy atom. The molecule has 8 heteroatoms. The lowest BCUT2D eigenvalue weighted by Crippen LogP contribution is -2.13. The van der Waals surface area contributed by atoms with Crippen molar-refractivity contribution >= 4 is 34.6 Å². The lowest BCUT2D eigenvalue weighted by molar-refractivity contribution is -0.383. The number of nitrogens with zero attached hydrogens (tertiary/aromatic N) is 1. The van der Waals surface area contributed by atoms with Gasteiger partial charge < -0.3 is 15.8 Å². The van der Waals surface area contributed by atoms with Crippen LogP contribution in [0.1, 0.15) is 15.9 Å². The van der Waals surface area contributed by atoms with Crippen LogP contribution in [0, 0.1) is 17.0 Å². The molecule has 0 bridgehead atoms. The Bertz CT molecular complexity index is 793. The number of nitrogens with two attached hydrogens (primary N) is 1. The zero-order valence-corrected chi connectivity index (χ0v) is 13.2. The monoisotopic (exact) mass is 335 g/mol. The summed E-state index contributed by atoms with van der Waals surface area (Å²) >= 11 is 6.01. The first-order valence-electron chi connectivity index (χ1n) is 6.53. The number of carbonyl (C=O) groups excluding carboxylic acids is 1. The largest absolute Gasteiger partial charge is 0.495 e. The highest BCUT2D eigenvalue weighted by Crippen LogP contribution is 2.31. The summed E-state index contributed by atoms with van der Waals surface area (Å²) in [6.45, 7) is 1.78. The molecule has 0 aliphatic heterocycles. The summed E-state index contributed by atoms with van der Waals surface area (Å²) in [6, 6.07) is 7.09. The van der Waals surface area contributed by atoms with Crippen molar-refractivity contribution in [2.75, 3.05) is 18.2 Å². The molecule has 0 spiro atoms. The van der Waals surface area contributed by atoms with Crippen LogP contribution < -0.4 is 15.8 Å². The fourth-order valence-corrected chi connectivity index (χ4v) is 2.12. The maximum absolute atomic E-state index is 12.3. The van der Waals surface area contributed by atoms with E-state index in [1.165, 1.54) is 19.2 Å². The minimum atomic E-state index is -0.640. The number of rotatable bonds is 4. The molecule has 0 aromatic heterocycles. The second-order valence-corrected chi connectivity index (χ2v) is 5.19. The molecule has 3 N–H and O–H groups in total. The van der Waals surface area contributed by atoms with Gasteiger partial charge in [0.05, 0.1) is 17.7 Å². The molecule has 7 nitrogen and oxygen atoms in total. The Morgan fingerprint density at radius 3 is 2.65 bits per heavy atom. The van der Waals surface area contributed by atoms with E-state index in [1.54, 1.807) is 19.1 Å². The van der Waals surface area contributed by atoms with Crippen molar-refractivity contribution in [1.82, 2.24) is 0 Å². The first kappa shape index (κ1) is 16.6. The molecule has 0 aliphatic carbocycles. The molecule has 0 aliphatic rings. The average Bonchev–Trinajstić information content (AvgIpc) is 2.50. The first-order chi connectivity index (χ1) is 10.8. The molecule has 2 aromatic carbocycles. The molecule has 2 aromatic rings. The molecule has 0 fully saturated rings. The molecule has 23 heavy (non-hydrogen) atoms. The van der Waals surface area contributed by atoms with Crippen LogP contribution in [0.2, 0.25) is 5.02 Å². The van der Waals surface area contributed by atoms with E-state index in [0.717, 1.165) is 11.6 Å². The van der Waals surface area contributed by atoms with E-state index in [-0.39, 0.29) is 16.9 Å². The minimum Gasteiger partial charge on any atom is -0.495 e. The molecule has 0 radical (unpaired) electrons. The van der Waals surface area contributed by atoms with Crippen LogP contribution in [0.15, 0.2) is 30.3 Å². The van der Waals surface area contributed by atoms with E-state index in [9.17, 15) is 14.9 Å². The lowest BCUT2D eigenvalue weighted by Gasteiger charge is -2.12. The second-order valence-electron chi connectivity index (χ2n) is 4.79. The summed E-state index contributed by atoms with van der Waals surface area (Å²) in [5, 5.41) is 14.0. The number of hydrogen-bond acceptors (Lipinski definition) is 5. The van der Waals surface area contributed by atoms with Gasteiger partial charge in [0, 0.05) is 22.7 Å². The average molecular weight is 336 g/mol. The van der Waals surface area contributed by atoms with Gasteiger partial charge in [-0.1, -0.05) is 11.6 Å². The SMILES string of the molecule is COc1cc(Cl)c(C)cc1NC(=O)c1ccc(N)c([N+](=O)[O-])c1. The number of nitrogens with one attached hydrogen (secondary N) is 1. The van der Waals surface area contributed by atoms with Gasteiger partial charge >= 0.3 is 0 Å². The molecule has 0 heterocycles. The summed E-state index contributed by atoms with van der Waals surface area (Å²) in [5.74, 6) is -0.132. The number of ether oxygens (including phenoxy) is 1. The van der Waals surface area contributed by atoms with Crippen molar-refractivity contribution in [3.63, 3.8) is 0 Å². The highest BCUT2D eigenvalue weighted by Gasteiger charge is 2.17. The van der Waals surface area contributed by atoms with Gasteiger partial charge in [-0.3, -0.25) is 14.9 Å². The molecule has 120 valence electrons. The minimum absolute atomic E-state index is 0.00790. The number of nitro benzene ring substituents is 1. The number of carbonyl (C=O) groups is 1. The van der Waals surface area contributed by atoms with E-state index in [0.29, 0.717) is 16.5 Å². The van der Waals surface area contributed by atoms with Crippen LogP contribution in [-0.4, -0.2) is 17.9 Å². The smallest absolute Gasteiger partial charge is 0.292 e. The summed E-state index contributed by atoms with van der Waals surface area (Å²) in [5.41, 5.74) is 6.47. The van der Waals surface area contributed by atoms with Crippen LogP contribution in [0.4, 0.5) is 17.1 Å². The maximum atomic E-state index is 12.3. The Labute approximate surface area is 137 Å². The van der Waals surface area contributed by atoms with Crippen molar-refractivity contribution in [3.8, 4) is 5.75 Å². The molecule has 0 unspecified atom stereocenters. The highest BCUT2D eigenvalue weighted by atomic mass is 35.5. The molecule has 0 saturated heterocycles. The predicted octanol–water partition coefficient (Wildman–Crippen LogP) is 3.40. The number of nitro groups is 1. The van der Waals surface area contributed by atoms with Crippen molar-refractivity contribution in [3.05, 3.63) is 56.6 Å². The van der Waals surface area contributed by atoms with Crippen molar-refractivity contribution in [2.24, 2.45) is 0 Å². The van der Waals surface area contributed by atoms with Crippen molar-refractivity contribution in [1.29, 1.82) is 0 Å². The Hall–Kier alpha value is -2.80. The maximum Gasteiger partial charge on any atom is 0.292 e. The van der Waals surface area contributed by atoms with Crippen LogP contribution in [0.25, 0.3) is 0 Å². The van der Waals surface area contributed by atoms with Gasteiger partial charge in [0.25, 0.3) is 11.6 Å². The van der Waals surface area contributed by atoms with E-state index >= 15 is 0 Å². The number of anilines is 2. The Kier molecular flexibility index (Phi) is 4.71. The van der Waals surface area contributed by atoms with Crippen LogP contribution in [0.3, 0.4) is 0 Å². The van der Waals surface area contributed by atoms with Crippen LogP contribution >= 0.6 is 11.6 Å². The lowest BCUT2D eigenvalue weighted by atomic mass is 10.1. The molecular formula is C15H14ClN3O4. The van der Waals surface area contributed by atoms with Crippen LogP contribution in [-0.2, 0) is 0 Å². The van der Waals surface area contributed by atoms with Gasteiger partial charge in [0.1, 0.15) is 11.4 Å². The standard InChI is InChI=1S/C15H14ClN3O4/c1-8-5-12(14(23-2)7-10(8)16)18-15(20)9-3-4-11(17)13(6-9)19(21)22/h3-7H,17H2,1-2H3,(H,18,20).